The van der Waals surface area contributed by atoms with Crippen molar-refractivity contribution in [3.63, 3.8) is 0 Å². The topological polar surface area (TPSA) is 113 Å². The van der Waals surface area contributed by atoms with Gasteiger partial charge in [0.05, 0.1) is 12.2 Å². The highest BCUT2D eigenvalue weighted by Crippen LogP contribution is 2.10. The Hall–Kier alpha value is -1.96. The van der Waals surface area contributed by atoms with Crippen molar-refractivity contribution >= 4 is 11.9 Å². The number of esters is 2. The first-order valence-electron chi connectivity index (χ1n) is 14.7. The molecule has 0 rings (SSSR count). The van der Waals surface area contributed by atoms with Crippen LogP contribution in [0.15, 0.2) is 36.5 Å². The van der Waals surface area contributed by atoms with Crippen molar-refractivity contribution in [3.05, 3.63) is 36.5 Å². The lowest BCUT2D eigenvalue weighted by Gasteiger charge is -2.16. The molecule has 0 bridgehead atoms. The van der Waals surface area contributed by atoms with Crippen molar-refractivity contribution in [2.75, 3.05) is 13.2 Å². The summed E-state index contributed by atoms with van der Waals surface area (Å²) in [6, 6.07) is 0. The third-order valence-electron chi connectivity index (χ3n) is 6.08. The molecule has 3 atom stereocenters. The quantitative estimate of drug-likeness (QED) is 0.0730. The number of hydrogen-bond donors (Lipinski definition) is 3. The van der Waals surface area contributed by atoms with Gasteiger partial charge in [-0.05, 0) is 51.4 Å². The van der Waals surface area contributed by atoms with E-state index in [2.05, 4.69) is 38.2 Å². The lowest BCUT2D eigenvalue weighted by molar-refractivity contribution is -0.152. The molecule has 7 heteroatoms. The number of hydrogen-bond acceptors (Lipinski definition) is 7. The maximum absolute atomic E-state index is 11.9. The zero-order valence-corrected chi connectivity index (χ0v) is 23.9. The molecule has 2 unspecified atom stereocenters. The molecule has 0 amide bonds. The van der Waals surface area contributed by atoms with Crippen LogP contribution in [-0.2, 0) is 19.1 Å². The van der Waals surface area contributed by atoms with Gasteiger partial charge in [0.1, 0.15) is 19.3 Å². The summed E-state index contributed by atoms with van der Waals surface area (Å²) in [5, 5.41) is 30.0. The van der Waals surface area contributed by atoms with Crippen LogP contribution in [-0.4, -0.2) is 58.8 Å². The van der Waals surface area contributed by atoms with E-state index in [9.17, 15) is 24.9 Å². The van der Waals surface area contributed by atoms with Crippen LogP contribution < -0.4 is 0 Å². The number of unbranched alkanes of at least 4 members (excludes halogenated alkanes) is 7. The smallest absolute Gasteiger partial charge is 0.305 e. The summed E-state index contributed by atoms with van der Waals surface area (Å²) in [6.45, 7) is 3.88. The molecule has 0 heterocycles. The van der Waals surface area contributed by atoms with Gasteiger partial charge in [-0.2, -0.15) is 0 Å². The highest BCUT2D eigenvalue weighted by Gasteiger charge is 2.16. The van der Waals surface area contributed by atoms with Crippen molar-refractivity contribution in [2.45, 2.75) is 135 Å². The van der Waals surface area contributed by atoms with Crippen LogP contribution in [0.5, 0.6) is 0 Å². The number of aliphatic hydroxyl groups is 3. The van der Waals surface area contributed by atoms with Crippen LogP contribution in [0.2, 0.25) is 0 Å². The molecule has 3 N–H and O–H groups in total. The maximum atomic E-state index is 11.9. The second-order valence-corrected chi connectivity index (χ2v) is 9.83. The maximum Gasteiger partial charge on any atom is 0.305 e. The van der Waals surface area contributed by atoms with Gasteiger partial charge in [0.2, 0.25) is 0 Å². The van der Waals surface area contributed by atoms with Gasteiger partial charge in [0.15, 0.2) is 0 Å². The van der Waals surface area contributed by atoms with Gasteiger partial charge < -0.3 is 24.8 Å². The van der Waals surface area contributed by atoms with Crippen LogP contribution in [0.25, 0.3) is 0 Å². The molecule has 0 fully saturated rings. The van der Waals surface area contributed by atoms with Crippen molar-refractivity contribution in [1.29, 1.82) is 0 Å². The van der Waals surface area contributed by atoms with Crippen LogP contribution in [0, 0.1) is 0 Å². The fourth-order valence-corrected chi connectivity index (χ4v) is 3.66. The lowest BCUT2D eigenvalue weighted by Crippen LogP contribution is -2.26. The normalized spacial score (nSPS) is 14.3. The monoisotopic (exact) mass is 538 g/mol. The zero-order valence-electron chi connectivity index (χ0n) is 23.9. The summed E-state index contributed by atoms with van der Waals surface area (Å²) >= 11 is 0. The molecule has 0 radical (unpaired) electrons. The number of carbonyl (C=O) groups excluding carboxylic acids is 2. The van der Waals surface area contributed by atoms with E-state index in [1.165, 1.54) is 19.3 Å². The third kappa shape index (κ3) is 24.4. The molecule has 0 spiro atoms. The number of ether oxygens (including phenoxy) is 2. The van der Waals surface area contributed by atoms with E-state index < -0.39 is 24.3 Å². The largest absolute Gasteiger partial charge is 0.463 e. The number of allylic oxidation sites excluding steroid dienone is 5. The Labute approximate surface area is 231 Å². The van der Waals surface area contributed by atoms with Crippen molar-refractivity contribution in [1.82, 2.24) is 0 Å². The Morgan fingerprint density at radius 3 is 1.79 bits per heavy atom. The van der Waals surface area contributed by atoms with E-state index >= 15 is 0 Å². The third-order valence-corrected chi connectivity index (χ3v) is 6.08. The second-order valence-electron chi connectivity index (χ2n) is 9.83. The highest BCUT2D eigenvalue weighted by atomic mass is 16.6. The Morgan fingerprint density at radius 1 is 0.632 bits per heavy atom. The summed E-state index contributed by atoms with van der Waals surface area (Å²) in [5.41, 5.74) is 0. The van der Waals surface area contributed by atoms with Gasteiger partial charge in [0.25, 0.3) is 0 Å². The predicted molar refractivity (Wildman–Crippen MR) is 153 cm³/mol. The van der Waals surface area contributed by atoms with Crippen LogP contribution in [0.3, 0.4) is 0 Å². The molecule has 0 aromatic carbocycles. The fraction of sp³-hybridized carbons (Fsp3) is 0.742. The summed E-state index contributed by atoms with van der Waals surface area (Å²) < 4.78 is 10.0. The van der Waals surface area contributed by atoms with E-state index in [0.717, 1.165) is 51.4 Å². The summed E-state index contributed by atoms with van der Waals surface area (Å²) in [4.78, 5) is 23.5. The minimum Gasteiger partial charge on any atom is -0.463 e. The van der Waals surface area contributed by atoms with Crippen LogP contribution in [0.1, 0.15) is 117 Å². The molecule has 38 heavy (non-hydrogen) atoms. The van der Waals surface area contributed by atoms with Gasteiger partial charge >= 0.3 is 11.9 Å². The number of rotatable bonds is 25. The van der Waals surface area contributed by atoms with Gasteiger partial charge in [-0.1, -0.05) is 88.8 Å². The number of aliphatic hydroxyl groups excluding tert-OH is 3. The van der Waals surface area contributed by atoms with Gasteiger partial charge in [-0.15, -0.1) is 0 Å². The average Bonchev–Trinajstić information content (AvgIpc) is 2.91. The van der Waals surface area contributed by atoms with Gasteiger partial charge in [0, 0.05) is 12.8 Å². The lowest BCUT2D eigenvalue weighted by atomic mass is 10.0. The zero-order chi connectivity index (χ0) is 28.3. The van der Waals surface area contributed by atoms with Crippen molar-refractivity contribution in [3.8, 4) is 0 Å². The molecule has 220 valence electrons. The molecule has 0 saturated carbocycles. The first kappa shape index (κ1) is 36.0. The second kappa shape index (κ2) is 26.6. The van der Waals surface area contributed by atoms with E-state index in [4.69, 9.17) is 9.47 Å². The molecule has 0 aliphatic carbocycles. The van der Waals surface area contributed by atoms with E-state index in [1.807, 2.05) is 12.2 Å². The molecule has 7 nitrogen and oxygen atoms in total. The number of carbonyl (C=O) groups is 2. The molecule has 0 saturated heterocycles. The minimum atomic E-state index is -1.07. The Balaban J connectivity index is 3.81. The molecular weight excluding hydrogens is 484 g/mol. The van der Waals surface area contributed by atoms with Gasteiger partial charge in [-0.3, -0.25) is 9.59 Å². The fourth-order valence-electron chi connectivity index (χ4n) is 3.66. The first-order chi connectivity index (χ1) is 18.4. The molecule has 0 aromatic rings. The highest BCUT2D eigenvalue weighted by molar-refractivity contribution is 5.69. The summed E-state index contributed by atoms with van der Waals surface area (Å²) in [7, 11) is 0. The summed E-state index contributed by atoms with van der Waals surface area (Å²) in [5.74, 6) is -0.859. The van der Waals surface area contributed by atoms with Crippen LogP contribution >= 0.6 is 0 Å². The predicted octanol–water partition coefficient (Wildman–Crippen LogP) is 6.11. The Bertz CT molecular complexity index is 657. The van der Waals surface area contributed by atoms with E-state index in [-0.39, 0.29) is 32.0 Å². The summed E-state index contributed by atoms with van der Waals surface area (Å²) in [6.07, 6.45) is 22.7. The van der Waals surface area contributed by atoms with E-state index in [0.29, 0.717) is 19.3 Å². The van der Waals surface area contributed by atoms with Gasteiger partial charge in [-0.25, -0.2) is 0 Å². The Morgan fingerprint density at radius 2 is 1.16 bits per heavy atom. The van der Waals surface area contributed by atoms with E-state index in [1.54, 1.807) is 0 Å². The van der Waals surface area contributed by atoms with Crippen molar-refractivity contribution < 1.29 is 34.4 Å². The SMILES string of the molecule is CCCCC/C=C\C/C=C\C/C=C\CC(O)C(O)CCCC(=O)OC[C@H](O)COC(=O)CCCCCCC. The molecular formula is C31H54O7. The van der Waals surface area contributed by atoms with Crippen molar-refractivity contribution in [2.24, 2.45) is 0 Å². The minimum absolute atomic E-state index is 0.0712. The standard InChI is InChI=1S/C31H54O7/c1-3-5-7-9-10-11-12-13-14-15-17-18-21-28(33)29(34)22-20-24-31(36)38-26-27(32)25-37-30(35)23-19-16-8-6-4-2/h10-11,13-14,17-18,27-29,32-34H,3-9,12,15-16,19-26H2,1-2H3/b11-10-,14-13-,18-17-/t27-,28?,29?/m1/s1. The molecule has 0 aliphatic rings. The average molecular weight is 539 g/mol. The first-order valence-corrected chi connectivity index (χ1v) is 14.7. The Kier molecular flexibility index (Phi) is 25.3. The van der Waals surface area contributed by atoms with Crippen LogP contribution in [0.4, 0.5) is 0 Å². The molecule has 0 aromatic heterocycles. The molecule has 0 aliphatic heterocycles.